The fourth-order valence-corrected chi connectivity index (χ4v) is 3.77. The number of hydrogen-bond acceptors (Lipinski definition) is 3. The highest BCUT2D eigenvalue weighted by Gasteiger charge is 2.28. The Bertz CT molecular complexity index is 408. The van der Waals surface area contributed by atoms with E-state index >= 15 is 0 Å². The van der Waals surface area contributed by atoms with Crippen LogP contribution in [0, 0.1) is 5.92 Å². The molecule has 112 valence electrons. The maximum Gasteiger partial charge on any atom is 0.0534 e. The minimum atomic E-state index is 0.778. The van der Waals surface area contributed by atoms with Crippen LogP contribution in [0.25, 0.3) is 0 Å². The van der Waals surface area contributed by atoms with Crippen LogP contribution in [0.3, 0.4) is 0 Å². The van der Waals surface area contributed by atoms with Crippen LogP contribution in [0.4, 0.5) is 0 Å². The molecule has 1 aromatic rings. The summed E-state index contributed by atoms with van der Waals surface area (Å²) >= 11 is 0. The van der Waals surface area contributed by atoms with Crippen molar-refractivity contribution in [2.75, 3.05) is 19.6 Å². The standard InChI is InChI=1S/C16H28N4/c1-2-8-20-12-14(10-18-20)11-19-9-4-5-15(13-19)16-6-3-7-17-16/h10,12,15-17H,2-9,11,13H2,1H3. The summed E-state index contributed by atoms with van der Waals surface area (Å²) in [5, 5.41) is 8.13. The first-order chi connectivity index (χ1) is 9.85. The van der Waals surface area contributed by atoms with E-state index in [0.717, 1.165) is 31.5 Å². The molecule has 20 heavy (non-hydrogen) atoms. The van der Waals surface area contributed by atoms with Crippen molar-refractivity contribution >= 4 is 0 Å². The Morgan fingerprint density at radius 3 is 3.10 bits per heavy atom. The van der Waals surface area contributed by atoms with Gasteiger partial charge in [-0.15, -0.1) is 0 Å². The van der Waals surface area contributed by atoms with E-state index in [-0.39, 0.29) is 0 Å². The number of nitrogens with one attached hydrogen (secondary N) is 1. The predicted octanol–water partition coefficient (Wildman–Crippen LogP) is 2.26. The summed E-state index contributed by atoms with van der Waals surface area (Å²) in [4.78, 5) is 2.63. The Kier molecular flexibility index (Phi) is 4.73. The molecular formula is C16H28N4. The number of nitrogens with zero attached hydrogens (tertiary/aromatic N) is 3. The summed E-state index contributed by atoms with van der Waals surface area (Å²) in [5.41, 5.74) is 1.37. The van der Waals surface area contributed by atoms with E-state index in [1.54, 1.807) is 0 Å². The molecule has 2 saturated heterocycles. The molecule has 3 heterocycles. The molecule has 4 nitrogen and oxygen atoms in total. The topological polar surface area (TPSA) is 33.1 Å². The first kappa shape index (κ1) is 14.1. The summed E-state index contributed by atoms with van der Waals surface area (Å²) in [6, 6.07) is 0.778. The van der Waals surface area contributed by atoms with Crippen LogP contribution in [0.2, 0.25) is 0 Å². The van der Waals surface area contributed by atoms with Gasteiger partial charge in [-0.1, -0.05) is 6.92 Å². The average Bonchev–Trinajstić information content (AvgIpc) is 3.11. The van der Waals surface area contributed by atoms with E-state index in [9.17, 15) is 0 Å². The van der Waals surface area contributed by atoms with Gasteiger partial charge in [-0.05, 0) is 51.1 Å². The van der Waals surface area contributed by atoms with Crippen molar-refractivity contribution in [3.63, 3.8) is 0 Å². The third kappa shape index (κ3) is 3.41. The average molecular weight is 276 g/mol. The molecule has 2 atom stereocenters. The second-order valence-corrected chi connectivity index (χ2v) is 6.45. The van der Waals surface area contributed by atoms with Crippen molar-refractivity contribution in [2.45, 2.75) is 58.2 Å². The smallest absolute Gasteiger partial charge is 0.0534 e. The first-order valence-electron chi connectivity index (χ1n) is 8.32. The zero-order chi connectivity index (χ0) is 13.8. The molecule has 2 fully saturated rings. The van der Waals surface area contributed by atoms with Gasteiger partial charge >= 0.3 is 0 Å². The molecule has 2 aliphatic rings. The Morgan fingerprint density at radius 1 is 1.35 bits per heavy atom. The van der Waals surface area contributed by atoms with Crippen molar-refractivity contribution in [1.29, 1.82) is 0 Å². The molecule has 3 rings (SSSR count). The van der Waals surface area contributed by atoms with Gasteiger partial charge in [-0.25, -0.2) is 0 Å². The van der Waals surface area contributed by atoms with Crippen LogP contribution < -0.4 is 5.32 Å². The molecule has 0 aliphatic carbocycles. The molecule has 0 radical (unpaired) electrons. The lowest BCUT2D eigenvalue weighted by Gasteiger charge is -2.35. The van der Waals surface area contributed by atoms with Gasteiger partial charge in [0, 0.05) is 37.4 Å². The van der Waals surface area contributed by atoms with Crippen molar-refractivity contribution < 1.29 is 0 Å². The highest BCUT2D eigenvalue weighted by Crippen LogP contribution is 2.25. The first-order valence-corrected chi connectivity index (χ1v) is 8.32. The number of aromatic nitrogens is 2. The molecular weight excluding hydrogens is 248 g/mol. The molecule has 0 aromatic carbocycles. The van der Waals surface area contributed by atoms with Crippen LogP contribution in [-0.4, -0.2) is 40.4 Å². The number of aryl methyl sites for hydroxylation is 1. The van der Waals surface area contributed by atoms with E-state index in [1.807, 2.05) is 6.20 Å². The van der Waals surface area contributed by atoms with E-state index in [4.69, 9.17) is 0 Å². The maximum atomic E-state index is 4.45. The molecule has 0 bridgehead atoms. The van der Waals surface area contributed by atoms with Crippen LogP contribution in [0.1, 0.15) is 44.6 Å². The van der Waals surface area contributed by atoms with Gasteiger partial charge in [0.2, 0.25) is 0 Å². The maximum absolute atomic E-state index is 4.45. The summed E-state index contributed by atoms with van der Waals surface area (Å²) in [7, 11) is 0. The molecule has 0 spiro atoms. The Balaban J connectivity index is 1.53. The fourth-order valence-electron chi connectivity index (χ4n) is 3.77. The summed E-state index contributed by atoms with van der Waals surface area (Å²) < 4.78 is 2.08. The Morgan fingerprint density at radius 2 is 2.30 bits per heavy atom. The van der Waals surface area contributed by atoms with E-state index < -0.39 is 0 Å². The molecule has 4 heteroatoms. The highest BCUT2D eigenvalue weighted by atomic mass is 15.3. The van der Waals surface area contributed by atoms with Crippen LogP contribution in [0.15, 0.2) is 12.4 Å². The Hall–Kier alpha value is -0.870. The summed E-state index contributed by atoms with van der Waals surface area (Å²) in [6.45, 7) is 8.05. The van der Waals surface area contributed by atoms with E-state index in [0.29, 0.717) is 0 Å². The molecule has 1 N–H and O–H groups in total. The second kappa shape index (κ2) is 6.72. The van der Waals surface area contributed by atoms with Gasteiger partial charge in [0.25, 0.3) is 0 Å². The molecule has 0 saturated carbocycles. The SMILES string of the molecule is CCCn1cc(CN2CCCC(C3CCCN3)C2)cn1. The minimum Gasteiger partial charge on any atom is -0.314 e. The normalized spacial score (nSPS) is 28.1. The van der Waals surface area contributed by atoms with Crippen molar-refractivity contribution in [3.05, 3.63) is 18.0 Å². The quantitative estimate of drug-likeness (QED) is 0.895. The van der Waals surface area contributed by atoms with Gasteiger partial charge in [-0.2, -0.15) is 5.10 Å². The number of hydrogen-bond donors (Lipinski definition) is 1. The fraction of sp³-hybridized carbons (Fsp3) is 0.812. The minimum absolute atomic E-state index is 0.778. The zero-order valence-electron chi connectivity index (χ0n) is 12.7. The van der Waals surface area contributed by atoms with Gasteiger partial charge in [-0.3, -0.25) is 9.58 Å². The highest BCUT2D eigenvalue weighted by molar-refractivity contribution is 5.04. The lowest BCUT2D eigenvalue weighted by molar-refractivity contribution is 0.145. The monoisotopic (exact) mass is 276 g/mol. The molecule has 2 aliphatic heterocycles. The van der Waals surface area contributed by atoms with Gasteiger partial charge < -0.3 is 5.32 Å². The molecule has 0 amide bonds. The predicted molar refractivity (Wildman–Crippen MR) is 81.5 cm³/mol. The van der Waals surface area contributed by atoms with Crippen LogP contribution >= 0.6 is 0 Å². The third-order valence-electron chi connectivity index (χ3n) is 4.76. The van der Waals surface area contributed by atoms with Crippen molar-refractivity contribution in [1.82, 2.24) is 20.0 Å². The largest absolute Gasteiger partial charge is 0.314 e. The lowest BCUT2D eigenvalue weighted by atomic mass is 9.89. The summed E-state index contributed by atoms with van der Waals surface area (Å²) in [5.74, 6) is 0.858. The number of likely N-dealkylation sites (tertiary alicyclic amines) is 1. The van der Waals surface area contributed by atoms with E-state index in [2.05, 4.69) is 33.1 Å². The zero-order valence-corrected chi connectivity index (χ0v) is 12.7. The molecule has 2 unspecified atom stereocenters. The second-order valence-electron chi connectivity index (χ2n) is 6.45. The summed E-state index contributed by atoms with van der Waals surface area (Å²) in [6.07, 6.45) is 10.9. The van der Waals surface area contributed by atoms with Crippen molar-refractivity contribution in [3.8, 4) is 0 Å². The Labute approximate surface area is 122 Å². The van der Waals surface area contributed by atoms with Gasteiger partial charge in [0.15, 0.2) is 0 Å². The third-order valence-corrected chi connectivity index (χ3v) is 4.76. The van der Waals surface area contributed by atoms with Crippen LogP contribution in [-0.2, 0) is 13.1 Å². The van der Waals surface area contributed by atoms with Gasteiger partial charge in [0.1, 0.15) is 0 Å². The van der Waals surface area contributed by atoms with Gasteiger partial charge in [0.05, 0.1) is 6.20 Å². The number of piperidine rings is 1. The van der Waals surface area contributed by atoms with E-state index in [1.165, 1.54) is 50.9 Å². The molecule has 1 aromatic heterocycles. The lowest BCUT2D eigenvalue weighted by Crippen LogP contribution is -2.43. The van der Waals surface area contributed by atoms with Crippen LogP contribution in [0.5, 0.6) is 0 Å². The number of rotatable bonds is 5. The van der Waals surface area contributed by atoms with Crippen molar-refractivity contribution in [2.24, 2.45) is 5.92 Å².